The summed E-state index contributed by atoms with van der Waals surface area (Å²) >= 11 is 0. The molecule has 1 unspecified atom stereocenters. The zero-order chi connectivity index (χ0) is 13.0. The van der Waals surface area contributed by atoms with Gasteiger partial charge in [-0.05, 0) is 0 Å². The van der Waals surface area contributed by atoms with Gasteiger partial charge in [0.1, 0.15) is 6.04 Å². The van der Waals surface area contributed by atoms with Crippen LogP contribution in [0.5, 0.6) is 0 Å². The Bertz CT molecular complexity index is 331. The van der Waals surface area contributed by atoms with Gasteiger partial charge in [-0.2, -0.15) is 0 Å². The molecule has 0 aromatic carbocycles. The fourth-order valence-electron chi connectivity index (χ4n) is 1.58. The number of amides is 3. The van der Waals surface area contributed by atoms with E-state index in [1.807, 2.05) is 0 Å². The normalized spacial score (nSPS) is 20.1. The molecule has 3 amide bonds. The number of piperazine rings is 1. The van der Waals surface area contributed by atoms with Crippen LogP contribution < -0.4 is 10.7 Å². The fraction of sp³-hybridized carbons (Fsp3) is 0.667. The Labute approximate surface area is 98.5 Å². The lowest BCUT2D eigenvalue weighted by Crippen LogP contribution is -2.61. The first kappa shape index (κ1) is 13.2. The molecule has 1 heterocycles. The van der Waals surface area contributed by atoms with Crippen LogP contribution in [0.1, 0.15) is 6.42 Å². The maximum absolute atomic E-state index is 11.7. The minimum atomic E-state index is -1.12. The van der Waals surface area contributed by atoms with E-state index in [0.29, 0.717) is 13.1 Å². The van der Waals surface area contributed by atoms with E-state index >= 15 is 0 Å². The van der Waals surface area contributed by atoms with Crippen LogP contribution in [0.4, 0.5) is 4.79 Å². The van der Waals surface area contributed by atoms with Crippen LogP contribution in [0.15, 0.2) is 0 Å². The molecule has 1 atom stereocenters. The van der Waals surface area contributed by atoms with Gasteiger partial charge in [0.05, 0.1) is 6.42 Å². The molecule has 8 nitrogen and oxygen atoms in total. The number of hydrazine groups is 1. The molecule has 1 rings (SSSR count). The number of rotatable bonds is 3. The van der Waals surface area contributed by atoms with Gasteiger partial charge in [-0.3, -0.25) is 15.0 Å². The summed E-state index contributed by atoms with van der Waals surface area (Å²) in [5.74, 6) is -1.55. The first-order chi connectivity index (χ1) is 7.91. The highest BCUT2D eigenvalue weighted by Gasteiger charge is 2.34. The zero-order valence-corrected chi connectivity index (χ0v) is 9.77. The summed E-state index contributed by atoms with van der Waals surface area (Å²) in [5, 5.41) is 12.7. The summed E-state index contributed by atoms with van der Waals surface area (Å²) in [6.45, 7) is 0.624. The molecule has 0 aliphatic carbocycles. The predicted molar refractivity (Wildman–Crippen MR) is 58.0 cm³/mol. The van der Waals surface area contributed by atoms with E-state index in [4.69, 9.17) is 5.11 Å². The van der Waals surface area contributed by atoms with E-state index in [2.05, 4.69) is 10.7 Å². The molecule has 17 heavy (non-hydrogen) atoms. The minimum absolute atomic E-state index is 0.295. The van der Waals surface area contributed by atoms with Gasteiger partial charge in [0, 0.05) is 27.2 Å². The predicted octanol–water partition coefficient (Wildman–Crippen LogP) is -1.55. The van der Waals surface area contributed by atoms with Crippen molar-refractivity contribution < 1.29 is 19.5 Å². The number of hydrogen-bond donors (Lipinski definition) is 3. The van der Waals surface area contributed by atoms with E-state index in [9.17, 15) is 14.4 Å². The summed E-state index contributed by atoms with van der Waals surface area (Å²) < 4.78 is 0. The Kier molecular flexibility index (Phi) is 4.27. The molecule has 0 aromatic heterocycles. The Hall–Kier alpha value is -1.83. The maximum Gasteiger partial charge on any atom is 0.332 e. The molecule has 0 radical (unpaired) electrons. The SMILES string of the molecule is CN(C)NC(=O)N1CCNC(=O)C1CC(=O)O. The molecule has 1 aliphatic rings. The molecule has 0 bridgehead atoms. The van der Waals surface area contributed by atoms with Crippen molar-refractivity contribution in [3.8, 4) is 0 Å². The summed E-state index contributed by atoms with van der Waals surface area (Å²) in [6.07, 6.45) is -0.396. The number of hydrogen-bond acceptors (Lipinski definition) is 4. The second kappa shape index (κ2) is 5.48. The topological polar surface area (TPSA) is 102 Å². The molecule has 0 spiro atoms. The summed E-state index contributed by atoms with van der Waals surface area (Å²) in [7, 11) is 3.27. The summed E-state index contributed by atoms with van der Waals surface area (Å²) in [5.41, 5.74) is 2.48. The van der Waals surface area contributed by atoms with Crippen LogP contribution >= 0.6 is 0 Å². The number of urea groups is 1. The van der Waals surface area contributed by atoms with E-state index in [1.54, 1.807) is 14.1 Å². The highest BCUT2D eigenvalue weighted by molar-refractivity contribution is 5.91. The number of carboxylic acid groups (broad SMARTS) is 1. The third-order valence-corrected chi connectivity index (χ3v) is 2.28. The third kappa shape index (κ3) is 3.59. The first-order valence-electron chi connectivity index (χ1n) is 5.16. The second-order valence-corrected chi connectivity index (χ2v) is 3.91. The van der Waals surface area contributed by atoms with Gasteiger partial charge in [0.25, 0.3) is 0 Å². The van der Waals surface area contributed by atoms with E-state index < -0.39 is 30.4 Å². The van der Waals surface area contributed by atoms with Crippen molar-refractivity contribution in [2.75, 3.05) is 27.2 Å². The van der Waals surface area contributed by atoms with Crippen LogP contribution in [0.25, 0.3) is 0 Å². The summed E-state index contributed by atoms with van der Waals surface area (Å²) in [6, 6.07) is -1.43. The number of nitrogens with one attached hydrogen (secondary N) is 2. The Morgan fingerprint density at radius 2 is 2.24 bits per heavy atom. The quantitative estimate of drug-likeness (QED) is 0.521. The van der Waals surface area contributed by atoms with E-state index in [-0.39, 0.29) is 0 Å². The maximum atomic E-state index is 11.7. The molecular weight excluding hydrogens is 228 g/mol. The van der Waals surface area contributed by atoms with Crippen molar-refractivity contribution in [3.63, 3.8) is 0 Å². The van der Waals surface area contributed by atoms with Crippen molar-refractivity contribution >= 4 is 17.9 Å². The molecule has 1 aliphatic heterocycles. The van der Waals surface area contributed by atoms with Gasteiger partial charge in [-0.15, -0.1) is 0 Å². The number of nitrogens with zero attached hydrogens (tertiary/aromatic N) is 2. The van der Waals surface area contributed by atoms with Crippen molar-refractivity contribution in [2.45, 2.75) is 12.5 Å². The number of carbonyl (C=O) groups is 3. The average Bonchev–Trinajstić information content (AvgIpc) is 2.19. The molecule has 0 aromatic rings. The van der Waals surface area contributed by atoms with E-state index in [0.717, 1.165) is 0 Å². The highest BCUT2D eigenvalue weighted by atomic mass is 16.4. The van der Waals surface area contributed by atoms with Crippen LogP contribution in [-0.2, 0) is 9.59 Å². The molecule has 1 fully saturated rings. The van der Waals surface area contributed by atoms with Gasteiger partial charge in [0.2, 0.25) is 5.91 Å². The van der Waals surface area contributed by atoms with Crippen LogP contribution in [0.3, 0.4) is 0 Å². The molecule has 0 saturated carbocycles. The molecular formula is C9H16N4O4. The lowest BCUT2D eigenvalue weighted by atomic mass is 10.1. The van der Waals surface area contributed by atoms with Gasteiger partial charge in [0.15, 0.2) is 0 Å². The van der Waals surface area contributed by atoms with Crippen LogP contribution in [0, 0.1) is 0 Å². The van der Waals surface area contributed by atoms with Crippen molar-refractivity contribution in [3.05, 3.63) is 0 Å². The molecule has 1 saturated heterocycles. The lowest BCUT2D eigenvalue weighted by molar-refractivity contribution is -0.142. The monoisotopic (exact) mass is 244 g/mol. The minimum Gasteiger partial charge on any atom is -0.481 e. The lowest BCUT2D eigenvalue weighted by Gasteiger charge is -2.34. The zero-order valence-electron chi connectivity index (χ0n) is 9.77. The number of aliphatic carboxylic acids is 1. The van der Waals surface area contributed by atoms with Gasteiger partial charge in [-0.1, -0.05) is 0 Å². The smallest absolute Gasteiger partial charge is 0.332 e. The number of carboxylic acids is 1. The van der Waals surface area contributed by atoms with Crippen LogP contribution in [0.2, 0.25) is 0 Å². The van der Waals surface area contributed by atoms with Gasteiger partial charge < -0.3 is 15.3 Å². The Morgan fingerprint density at radius 1 is 1.59 bits per heavy atom. The second-order valence-electron chi connectivity index (χ2n) is 3.91. The van der Waals surface area contributed by atoms with Gasteiger partial charge in [-0.25, -0.2) is 9.80 Å². The van der Waals surface area contributed by atoms with Crippen molar-refractivity contribution in [2.24, 2.45) is 0 Å². The largest absolute Gasteiger partial charge is 0.481 e. The first-order valence-corrected chi connectivity index (χ1v) is 5.16. The summed E-state index contributed by atoms with van der Waals surface area (Å²) in [4.78, 5) is 35.2. The van der Waals surface area contributed by atoms with Crippen molar-refractivity contribution in [1.82, 2.24) is 20.7 Å². The highest BCUT2D eigenvalue weighted by Crippen LogP contribution is 2.09. The van der Waals surface area contributed by atoms with Crippen molar-refractivity contribution in [1.29, 1.82) is 0 Å². The van der Waals surface area contributed by atoms with E-state index in [1.165, 1.54) is 9.91 Å². The van der Waals surface area contributed by atoms with Crippen LogP contribution in [-0.4, -0.2) is 66.1 Å². The Balaban J connectivity index is 2.74. The standard InChI is InChI=1S/C9H16N4O4/c1-12(2)11-9(17)13-4-3-10-8(16)6(13)5-7(14)15/h6H,3-5H2,1-2H3,(H,10,16)(H,11,17)(H,14,15). The Morgan fingerprint density at radius 3 is 2.76 bits per heavy atom. The fourth-order valence-corrected chi connectivity index (χ4v) is 1.58. The van der Waals surface area contributed by atoms with Gasteiger partial charge >= 0.3 is 12.0 Å². The molecule has 8 heteroatoms. The average molecular weight is 244 g/mol. The number of carbonyl (C=O) groups excluding carboxylic acids is 2. The molecule has 3 N–H and O–H groups in total. The third-order valence-electron chi connectivity index (χ3n) is 2.28. The molecule has 96 valence electrons.